The smallest absolute Gasteiger partial charge is 0.318 e. The number of pyridine rings is 1. The van der Waals surface area contributed by atoms with Crippen molar-refractivity contribution in [3.8, 4) is 22.6 Å². The number of nitrogens with one attached hydrogen (secondary N) is 2. The van der Waals surface area contributed by atoms with Crippen LogP contribution in [-0.4, -0.2) is 27.9 Å². The van der Waals surface area contributed by atoms with Crippen LogP contribution in [0.15, 0.2) is 89.3 Å². The predicted octanol–water partition coefficient (Wildman–Crippen LogP) is 8.01. The number of furan rings is 1. The quantitative estimate of drug-likeness (QED) is 0.192. The standard InChI is InChI=1S/C36H35FN4O3/c1-4-10-30-33-27(21-41(30)36(43)39-22(2)3)18-29(35(42)38-20-26-12-5-7-15-28(26)37)40-34(33)25-14-9-13-23(17-25)32-19-24-11-6-8-16-31(24)44-32/h5-9,11-19,22,30H,4,10,20-21H2,1-3H3,(H,38,42)(H,39,43)/t30-/m1/s1. The SMILES string of the molecule is CCC[C@@H]1c2c(cc(C(=O)NCc3ccccc3F)nc2-c2cccc(-c3cc4ccccc4o3)c2)CN1C(=O)NC(C)C. The van der Waals surface area contributed by atoms with Crippen LogP contribution < -0.4 is 10.6 Å². The van der Waals surface area contributed by atoms with Gasteiger partial charge in [-0.1, -0.05) is 67.9 Å². The van der Waals surface area contributed by atoms with Crippen molar-refractivity contribution in [3.63, 3.8) is 0 Å². The predicted molar refractivity (Wildman–Crippen MR) is 169 cm³/mol. The van der Waals surface area contributed by atoms with E-state index in [0.717, 1.165) is 51.8 Å². The lowest BCUT2D eigenvalue weighted by Gasteiger charge is -2.27. The summed E-state index contributed by atoms with van der Waals surface area (Å²) in [4.78, 5) is 33.6. The first-order valence-corrected chi connectivity index (χ1v) is 15.0. The van der Waals surface area contributed by atoms with Gasteiger partial charge in [0.05, 0.1) is 11.7 Å². The number of fused-ring (bicyclic) bond motifs is 2. The van der Waals surface area contributed by atoms with E-state index in [1.54, 1.807) is 24.3 Å². The van der Waals surface area contributed by atoms with E-state index >= 15 is 0 Å². The van der Waals surface area contributed by atoms with Gasteiger partial charge in [-0.25, -0.2) is 14.2 Å². The Bertz CT molecular complexity index is 1810. The lowest BCUT2D eigenvalue weighted by atomic mass is 9.94. The fourth-order valence-corrected chi connectivity index (χ4v) is 5.86. The Balaban J connectivity index is 1.43. The highest BCUT2D eigenvalue weighted by atomic mass is 19.1. The first kappa shape index (κ1) is 29.1. The molecule has 7 nitrogen and oxygen atoms in total. The molecule has 2 aromatic heterocycles. The molecule has 44 heavy (non-hydrogen) atoms. The average Bonchev–Trinajstić information content (AvgIpc) is 3.62. The highest BCUT2D eigenvalue weighted by Gasteiger charge is 2.37. The van der Waals surface area contributed by atoms with Gasteiger partial charge in [-0.05, 0) is 56.2 Å². The molecule has 3 aromatic carbocycles. The van der Waals surface area contributed by atoms with Crippen molar-refractivity contribution < 1.29 is 18.4 Å². The number of carbonyl (C=O) groups is 2. The average molecular weight is 591 g/mol. The van der Waals surface area contributed by atoms with E-state index in [-0.39, 0.29) is 36.2 Å². The van der Waals surface area contributed by atoms with Gasteiger partial charge in [0.25, 0.3) is 5.91 Å². The molecule has 5 aromatic rings. The molecule has 8 heteroatoms. The number of halogens is 1. The van der Waals surface area contributed by atoms with Gasteiger partial charge in [0.15, 0.2) is 0 Å². The van der Waals surface area contributed by atoms with Gasteiger partial charge in [0, 0.05) is 46.8 Å². The van der Waals surface area contributed by atoms with Gasteiger partial charge in [-0.3, -0.25) is 4.79 Å². The molecule has 1 aliphatic rings. The second-order valence-corrected chi connectivity index (χ2v) is 11.5. The molecule has 0 spiro atoms. The Morgan fingerprint density at radius 1 is 1.00 bits per heavy atom. The molecule has 224 valence electrons. The van der Waals surface area contributed by atoms with Crippen LogP contribution >= 0.6 is 0 Å². The summed E-state index contributed by atoms with van der Waals surface area (Å²) in [6.07, 6.45) is 1.61. The van der Waals surface area contributed by atoms with Crippen LogP contribution in [0.2, 0.25) is 0 Å². The Kier molecular flexibility index (Phi) is 8.15. The zero-order valence-corrected chi connectivity index (χ0v) is 25.1. The third-order valence-electron chi connectivity index (χ3n) is 7.91. The number of rotatable bonds is 8. The van der Waals surface area contributed by atoms with Crippen LogP contribution in [0.1, 0.15) is 66.8 Å². The normalized spacial score (nSPS) is 14.2. The van der Waals surface area contributed by atoms with Gasteiger partial charge in [0.1, 0.15) is 22.9 Å². The lowest BCUT2D eigenvalue weighted by molar-refractivity contribution is 0.0945. The Hall–Kier alpha value is -4.98. The molecule has 0 bridgehead atoms. The molecule has 0 saturated carbocycles. The first-order chi connectivity index (χ1) is 21.3. The van der Waals surface area contributed by atoms with Crippen molar-refractivity contribution in [1.82, 2.24) is 20.5 Å². The second kappa shape index (κ2) is 12.3. The number of hydrogen-bond acceptors (Lipinski definition) is 4. The molecular formula is C36H35FN4O3. The lowest BCUT2D eigenvalue weighted by Crippen LogP contribution is -2.42. The largest absolute Gasteiger partial charge is 0.456 e. The maximum atomic E-state index is 14.3. The number of hydrogen-bond donors (Lipinski definition) is 2. The molecule has 0 unspecified atom stereocenters. The number of amides is 3. The Morgan fingerprint density at radius 2 is 1.77 bits per heavy atom. The molecule has 0 fully saturated rings. The van der Waals surface area contributed by atoms with E-state index in [4.69, 9.17) is 9.40 Å². The molecule has 0 radical (unpaired) electrons. The van der Waals surface area contributed by atoms with Gasteiger partial charge in [0.2, 0.25) is 0 Å². The summed E-state index contributed by atoms with van der Waals surface area (Å²) in [5, 5.41) is 6.87. The minimum absolute atomic E-state index is 0.0219. The summed E-state index contributed by atoms with van der Waals surface area (Å²) < 4.78 is 20.4. The van der Waals surface area contributed by atoms with Gasteiger partial charge < -0.3 is 20.0 Å². The highest BCUT2D eigenvalue weighted by Crippen LogP contribution is 2.43. The van der Waals surface area contributed by atoms with Crippen LogP contribution in [0, 0.1) is 5.82 Å². The monoisotopic (exact) mass is 590 g/mol. The Morgan fingerprint density at radius 3 is 2.55 bits per heavy atom. The fourth-order valence-electron chi connectivity index (χ4n) is 5.86. The molecule has 1 aliphatic heterocycles. The minimum atomic E-state index is -0.414. The van der Waals surface area contributed by atoms with Crippen molar-refractivity contribution in [3.05, 3.63) is 113 Å². The molecule has 2 N–H and O–H groups in total. The van der Waals surface area contributed by atoms with E-state index in [9.17, 15) is 14.0 Å². The van der Waals surface area contributed by atoms with Gasteiger partial charge in [-0.15, -0.1) is 0 Å². The molecule has 3 amide bonds. The Labute approximate surface area is 256 Å². The number of aromatic nitrogens is 1. The van der Waals surface area contributed by atoms with E-state index in [1.807, 2.05) is 73.3 Å². The van der Waals surface area contributed by atoms with Crippen molar-refractivity contribution in [2.24, 2.45) is 0 Å². The summed E-state index contributed by atoms with van der Waals surface area (Å²) >= 11 is 0. The first-order valence-electron chi connectivity index (χ1n) is 15.0. The zero-order valence-electron chi connectivity index (χ0n) is 25.1. The topological polar surface area (TPSA) is 87.5 Å². The summed E-state index contributed by atoms with van der Waals surface area (Å²) in [5.41, 5.74) is 5.56. The van der Waals surface area contributed by atoms with E-state index < -0.39 is 5.91 Å². The summed E-state index contributed by atoms with van der Waals surface area (Å²) in [7, 11) is 0. The van der Waals surface area contributed by atoms with E-state index in [2.05, 4.69) is 17.6 Å². The van der Waals surface area contributed by atoms with Gasteiger partial charge >= 0.3 is 6.03 Å². The number of benzene rings is 3. The van der Waals surface area contributed by atoms with Gasteiger partial charge in [-0.2, -0.15) is 0 Å². The maximum Gasteiger partial charge on any atom is 0.318 e. The molecule has 0 aliphatic carbocycles. The summed E-state index contributed by atoms with van der Waals surface area (Å²) in [6.45, 7) is 6.35. The number of nitrogens with zero attached hydrogens (tertiary/aromatic N) is 2. The fraction of sp³-hybridized carbons (Fsp3) is 0.250. The van der Waals surface area contributed by atoms with E-state index in [1.165, 1.54) is 6.07 Å². The number of para-hydroxylation sites is 1. The van der Waals surface area contributed by atoms with Crippen LogP contribution in [-0.2, 0) is 13.1 Å². The van der Waals surface area contributed by atoms with Crippen LogP contribution in [0.3, 0.4) is 0 Å². The van der Waals surface area contributed by atoms with Crippen molar-refractivity contribution in [2.45, 2.75) is 58.8 Å². The number of urea groups is 1. The maximum absolute atomic E-state index is 14.3. The van der Waals surface area contributed by atoms with Crippen LogP contribution in [0.5, 0.6) is 0 Å². The molecule has 0 saturated heterocycles. The summed E-state index contributed by atoms with van der Waals surface area (Å²) in [5.74, 6) is -0.0681. The second-order valence-electron chi connectivity index (χ2n) is 11.5. The van der Waals surface area contributed by atoms with Crippen molar-refractivity contribution >= 4 is 22.9 Å². The van der Waals surface area contributed by atoms with Crippen LogP contribution in [0.4, 0.5) is 9.18 Å². The highest BCUT2D eigenvalue weighted by molar-refractivity contribution is 5.94. The molecule has 6 rings (SSSR count). The number of carbonyl (C=O) groups excluding carboxylic acids is 2. The third kappa shape index (κ3) is 5.80. The molecule has 3 heterocycles. The summed E-state index contributed by atoms with van der Waals surface area (Å²) in [6, 6.07) is 25.5. The van der Waals surface area contributed by atoms with Crippen molar-refractivity contribution in [1.29, 1.82) is 0 Å². The van der Waals surface area contributed by atoms with Crippen molar-refractivity contribution in [2.75, 3.05) is 0 Å². The van der Waals surface area contributed by atoms with Crippen LogP contribution in [0.25, 0.3) is 33.6 Å². The minimum Gasteiger partial charge on any atom is -0.456 e. The van der Waals surface area contributed by atoms with E-state index in [0.29, 0.717) is 17.8 Å². The zero-order chi connectivity index (χ0) is 30.8. The molecular weight excluding hydrogens is 555 g/mol. The molecule has 1 atom stereocenters. The third-order valence-corrected chi connectivity index (χ3v) is 7.91.